The molecule has 20 heavy (non-hydrogen) atoms. The van der Waals surface area contributed by atoms with Gasteiger partial charge in [0.2, 0.25) is 0 Å². The van der Waals surface area contributed by atoms with Crippen molar-refractivity contribution in [2.24, 2.45) is 0 Å². The zero-order valence-electron chi connectivity index (χ0n) is 11.2. The Morgan fingerprint density at radius 3 is 3.00 bits per heavy atom. The van der Waals surface area contributed by atoms with Crippen LogP contribution in [0.25, 0.3) is 10.8 Å². The fraction of sp³-hybridized carbons (Fsp3) is 0.333. The maximum absolute atomic E-state index is 12.5. The maximum Gasteiger partial charge on any atom is 0.272 e. The molecule has 5 heteroatoms. The van der Waals surface area contributed by atoms with Gasteiger partial charge in [0.25, 0.3) is 5.91 Å². The minimum Gasteiger partial charge on any atom is -0.383 e. The summed E-state index contributed by atoms with van der Waals surface area (Å²) < 4.78 is 0. The molecular formula is C15H17N3OS. The molecule has 1 aromatic heterocycles. The molecular weight excluding hydrogens is 270 g/mol. The second kappa shape index (κ2) is 5.71. The number of rotatable bonds is 1. The van der Waals surface area contributed by atoms with Gasteiger partial charge in [0.1, 0.15) is 11.5 Å². The van der Waals surface area contributed by atoms with E-state index in [4.69, 9.17) is 5.73 Å². The van der Waals surface area contributed by atoms with Gasteiger partial charge in [-0.1, -0.05) is 24.3 Å². The summed E-state index contributed by atoms with van der Waals surface area (Å²) in [5.74, 6) is 2.53. The quantitative estimate of drug-likeness (QED) is 0.875. The molecule has 1 aliphatic heterocycles. The van der Waals surface area contributed by atoms with Crippen LogP contribution in [0.2, 0.25) is 0 Å². The highest BCUT2D eigenvalue weighted by Gasteiger charge is 2.19. The Balaban J connectivity index is 1.94. The molecule has 1 amide bonds. The van der Waals surface area contributed by atoms with Crippen molar-refractivity contribution in [1.29, 1.82) is 0 Å². The Labute approximate surface area is 122 Å². The first-order valence-corrected chi connectivity index (χ1v) is 7.93. The third-order valence-corrected chi connectivity index (χ3v) is 4.55. The van der Waals surface area contributed by atoms with Crippen LogP contribution in [0.5, 0.6) is 0 Å². The van der Waals surface area contributed by atoms with Gasteiger partial charge in [-0.05, 0) is 23.6 Å². The summed E-state index contributed by atoms with van der Waals surface area (Å²) in [6.45, 7) is 1.60. The van der Waals surface area contributed by atoms with E-state index >= 15 is 0 Å². The molecule has 0 atom stereocenters. The van der Waals surface area contributed by atoms with Crippen LogP contribution in [0.15, 0.2) is 30.3 Å². The fourth-order valence-electron chi connectivity index (χ4n) is 2.45. The highest BCUT2D eigenvalue weighted by atomic mass is 32.2. The van der Waals surface area contributed by atoms with Crippen molar-refractivity contribution in [3.05, 3.63) is 36.0 Å². The van der Waals surface area contributed by atoms with E-state index in [1.165, 1.54) is 0 Å². The van der Waals surface area contributed by atoms with Crippen LogP contribution >= 0.6 is 11.8 Å². The molecule has 104 valence electrons. The van der Waals surface area contributed by atoms with Crippen molar-refractivity contribution in [2.75, 3.05) is 30.3 Å². The van der Waals surface area contributed by atoms with E-state index in [2.05, 4.69) is 4.98 Å². The molecule has 0 unspecified atom stereocenters. The van der Waals surface area contributed by atoms with Crippen molar-refractivity contribution in [3.8, 4) is 0 Å². The third kappa shape index (κ3) is 2.58. The van der Waals surface area contributed by atoms with E-state index in [0.29, 0.717) is 11.5 Å². The number of nitrogens with two attached hydrogens (primary N) is 1. The zero-order valence-corrected chi connectivity index (χ0v) is 12.0. The number of nitrogen functional groups attached to an aromatic ring is 1. The monoisotopic (exact) mass is 287 g/mol. The van der Waals surface area contributed by atoms with Crippen LogP contribution in [-0.4, -0.2) is 40.4 Å². The zero-order chi connectivity index (χ0) is 13.9. The van der Waals surface area contributed by atoms with E-state index in [1.807, 2.05) is 47.0 Å². The first-order chi connectivity index (χ1) is 9.75. The van der Waals surface area contributed by atoms with Gasteiger partial charge in [0, 0.05) is 24.2 Å². The number of carbonyl (C=O) groups excluding carboxylic acids is 1. The van der Waals surface area contributed by atoms with Crippen LogP contribution in [0.3, 0.4) is 0 Å². The summed E-state index contributed by atoms with van der Waals surface area (Å²) in [6.07, 6.45) is 1.04. The van der Waals surface area contributed by atoms with Gasteiger partial charge in [-0.3, -0.25) is 4.79 Å². The standard InChI is InChI=1S/C15H17N3OS/c16-14-12-5-2-1-4-11(12)10-13(17-14)15(19)18-6-3-8-20-9-7-18/h1-2,4-5,10H,3,6-9H2,(H2,16,17). The summed E-state index contributed by atoms with van der Waals surface area (Å²) in [7, 11) is 0. The van der Waals surface area contributed by atoms with E-state index in [1.54, 1.807) is 0 Å². The minimum absolute atomic E-state index is 0.00930. The second-order valence-corrected chi connectivity index (χ2v) is 6.10. The molecule has 3 rings (SSSR count). The summed E-state index contributed by atoms with van der Waals surface area (Å²) in [5.41, 5.74) is 6.42. The molecule has 0 spiro atoms. The first kappa shape index (κ1) is 13.2. The lowest BCUT2D eigenvalue weighted by Gasteiger charge is -2.19. The smallest absolute Gasteiger partial charge is 0.272 e. The number of aromatic nitrogens is 1. The number of hydrogen-bond acceptors (Lipinski definition) is 4. The minimum atomic E-state index is -0.00930. The van der Waals surface area contributed by atoms with Gasteiger partial charge >= 0.3 is 0 Å². The Bertz CT molecular complexity index is 636. The van der Waals surface area contributed by atoms with Crippen LogP contribution in [-0.2, 0) is 0 Å². The Kier molecular flexibility index (Phi) is 3.78. The number of nitrogens with zero attached hydrogens (tertiary/aromatic N) is 2. The number of pyridine rings is 1. The molecule has 1 aliphatic rings. The number of benzene rings is 1. The topological polar surface area (TPSA) is 59.2 Å². The first-order valence-electron chi connectivity index (χ1n) is 6.78. The molecule has 2 heterocycles. The summed E-state index contributed by atoms with van der Waals surface area (Å²) in [6, 6.07) is 9.59. The lowest BCUT2D eigenvalue weighted by molar-refractivity contribution is 0.0763. The highest BCUT2D eigenvalue weighted by Crippen LogP contribution is 2.21. The second-order valence-electron chi connectivity index (χ2n) is 4.87. The Hall–Kier alpha value is -1.75. The molecule has 1 saturated heterocycles. The lowest BCUT2D eigenvalue weighted by atomic mass is 10.1. The van der Waals surface area contributed by atoms with Crippen LogP contribution < -0.4 is 5.73 Å². The molecule has 2 aromatic rings. The molecule has 4 nitrogen and oxygen atoms in total. The van der Waals surface area contributed by atoms with Crippen molar-refractivity contribution >= 4 is 34.3 Å². The average molecular weight is 287 g/mol. The van der Waals surface area contributed by atoms with Crippen LogP contribution in [0, 0.1) is 0 Å². The largest absolute Gasteiger partial charge is 0.383 e. The van der Waals surface area contributed by atoms with E-state index in [0.717, 1.165) is 41.8 Å². The van der Waals surface area contributed by atoms with Crippen molar-refractivity contribution in [2.45, 2.75) is 6.42 Å². The van der Waals surface area contributed by atoms with Crippen LogP contribution in [0.4, 0.5) is 5.82 Å². The summed E-state index contributed by atoms with van der Waals surface area (Å²) in [5, 5.41) is 1.86. The number of amides is 1. The van der Waals surface area contributed by atoms with Crippen molar-refractivity contribution < 1.29 is 4.79 Å². The van der Waals surface area contributed by atoms with Gasteiger partial charge in [0.05, 0.1) is 0 Å². The SMILES string of the molecule is Nc1nc(C(=O)N2CCCSCC2)cc2ccccc12. The van der Waals surface area contributed by atoms with E-state index in [9.17, 15) is 4.79 Å². The number of thioether (sulfide) groups is 1. The molecule has 0 bridgehead atoms. The Morgan fingerprint density at radius 2 is 2.10 bits per heavy atom. The molecule has 1 fully saturated rings. The molecule has 0 saturated carbocycles. The molecule has 0 radical (unpaired) electrons. The summed E-state index contributed by atoms with van der Waals surface area (Å²) >= 11 is 1.90. The number of carbonyl (C=O) groups is 1. The van der Waals surface area contributed by atoms with Gasteiger partial charge in [-0.2, -0.15) is 11.8 Å². The number of fused-ring (bicyclic) bond motifs is 1. The van der Waals surface area contributed by atoms with Crippen molar-refractivity contribution in [1.82, 2.24) is 9.88 Å². The lowest BCUT2D eigenvalue weighted by Crippen LogP contribution is -2.33. The average Bonchev–Trinajstić information content (AvgIpc) is 2.75. The van der Waals surface area contributed by atoms with Crippen LogP contribution in [0.1, 0.15) is 16.9 Å². The normalized spacial score (nSPS) is 16.1. The highest BCUT2D eigenvalue weighted by molar-refractivity contribution is 7.99. The Morgan fingerprint density at radius 1 is 1.25 bits per heavy atom. The van der Waals surface area contributed by atoms with Gasteiger partial charge in [-0.25, -0.2) is 4.98 Å². The summed E-state index contributed by atoms with van der Waals surface area (Å²) in [4.78, 5) is 18.7. The maximum atomic E-state index is 12.5. The molecule has 0 aliphatic carbocycles. The van der Waals surface area contributed by atoms with E-state index in [-0.39, 0.29) is 5.91 Å². The fourth-order valence-corrected chi connectivity index (χ4v) is 3.33. The van der Waals surface area contributed by atoms with Gasteiger partial charge in [-0.15, -0.1) is 0 Å². The number of hydrogen-bond donors (Lipinski definition) is 1. The predicted octanol–water partition coefficient (Wildman–Crippen LogP) is 2.40. The molecule has 1 aromatic carbocycles. The number of anilines is 1. The van der Waals surface area contributed by atoms with Gasteiger partial charge in [0.15, 0.2) is 0 Å². The third-order valence-electron chi connectivity index (χ3n) is 3.50. The van der Waals surface area contributed by atoms with Crippen molar-refractivity contribution in [3.63, 3.8) is 0 Å². The molecule has 2 N–H and O–H groups in total. The van der Waals surface area contributed by atoms with Gasteiger partial charge < -0.3 is 10.6 Å². The van der Waals surface area contributed by atoms with E-state index < -0.39 is 0 Å². The predicted molar refractivity (Wildman–Crippen MR) is 84.0 cm³/mol.